The highest BCUT2D eigenvalue weighted by Crippen LogP contribution is 2.31. The van der Waals surface area contributed by atoms with E-state index in [4.69, 9.17) is 23.2 Å². The number of hydrogen-bond acceptors (Lipinski definition) is 4. The number of nitrogens with zero attached hydrogens (tertiary/aromatic N) is 3. The van der Waals surface area contributed by atoms with Crippen LogP contribution in [0.25, 0.3) is 11.4 Å². The average Bonchev–Trinajstić information content (AvgIpc) is 3.09. The van der Waals surface area contributed by atoms with Crippen molar-refractivity contribution in [3.05, 3.63) is 58.1 Å². The maximum Gasteiger partial charge on any atom is 0.234 e. The predicted molar refractivity (Wildman–Crippen MR) is 121 cm³/mol. The first-order valence-corrected chi connectivity index (χ1v) is 11.0. The van der Waals surface area contributed by atoms with Crippen molar-refractivity contribution in [3.63, 3.8) is 0 Å². The number of rotatable bonds is 7. The molecular formula is C21H22Cl2N4OS. The molecule has 29 heavy (non-hydrogen) atoms. The summed E-state index contributed by atoms with van der Waals surface area (Å²) in [7, 11) is 0. The van der Waals surface area contributed by atoms with Crippen LogP contribution in [-0.2, 0) is 11.3 Å². The third-order valence-corrected chi connectivity index (χ3v) is 5.91. The number of thioether (sulfide) groups is 1. The highest BCUT2D eigenvalue weighted by atomic mass is 35.5. The second-order valence-corrected chi connectivity index (χ2v) is 8.54. The molecule has 3 aromatic rings. The maximum absolute atomic E-state index is 12.5. The van der Waals surface area contributed by atoms with E-state index in [2.05, 4.69) is 29.4 Å². The first-order valence-electron chi connectivity index (χ1n) is 9.30. The predicted octanol–water partition coefficient (Wildman–Crippen LogP) is 6.13. The molecule has 3 rings (SSSR count). The van der Waals surface area contributed by atoms with Gasteiger partial charge in [0.1, 0.15) is 0 Å². The molecule has 0 unspecified atom stereocenters. The zero-order valence-corrected chi connectivity index (χ0v) is 18.8. The second-order valence-electron chi connectivity index (χ2n) is 6.75. The lowest BCUT2D eigenvalue weighted by Gasteiger charge is -2.13. The number of anilines is 1. The molecule has 1 N–H and O–H groups in total. The number of carbonyl (C=O) groups excluding carboxylic acids is 1. The number of benzene rings is 2. The molecule has 0 aliphatic heterocycles. The highest BCUT2D eigenvalue weighted by molar-refractivity contribution is 7.99. The fraction of sp³-hybridized carbons (Fsp3) is 0.286. The monoisotopic (exact) mass is 448 g/mol. The Kier molecular flexibility index (Phi) is 7.22. The molecule has 0 saturated heterocycles. The Morgan fingerprint density at radius 2 is 1.93 bits per heavy atom. The Morgan fingerprint density at radius 3 is 2.62 bits per heavy atom. The smallest absolute Gasteiger partial charge is 0.234 e. The Bertz CT molecular complexity index is 1020. The van der Waals surface area contributed by atoms with E-state index >= 15 is 0 Å². The van der Waals surface area contributed by atoms with Crippen molar-refractivity contribution in [3.8, 4) is 11.4 Å². The summed E-state index contributed by atoms with van der Waals surface area (Å²) < 4.78 is 1.94. The lowest BCUT2D eigenvalue weighted by Crippen LogP contribution is -2.16. The van der Waals surface area contributed by atoms with E-state index in [9.17, 15) is 4.79 Å². The zero-order chi connectivity index (χ0) is 21.0. The minimum Gasteiger partial charge on any atom is -0.325 e. The van der Waals surface area contributed by atoms with Crippen molar-refractivity contribution < 1.29 is 4.79 Å². The van der Waals surface area contributed by atoms with Crippen LogP contribution in [0.3, 0.4) is 0 Å². The molecule has 0 aliphatic rings. The lowest BCUT2D eigenvalue weighted by atomic mass is 10.0. The molecular weight excluding hydrogens is 427 g/mol. The molecule has 0 fully saturated rings. The van der Waals surface area contributed by atoms with Crippen LogP contribution in [0.1, 0.15) is 32.3 Å². The van der Waals surface area contributed by atoms with Gasteiger partial charge >= 0.3 is 0 Å². The van der Waals surface area contributed by atoms with Crippen LogP contribution in [0.15, 0.2) is 47.6 Å². The lowest BCUT2D eigenvalue weighted by molar-refractivity contribution is -0.113. The summed E-state index contributed by atoms with van der Waals surface area (Å²) in [6.45, 7) is 6.86. The van der Waals surface area contributed by atoms with Gasteiger partial charge in [0, 0.05) is 22.8 Å². The normalized spacial score (nSPS) is 11.1. The minimum absolute atomic E-state index is 0.0835. The first-order chi connectivity index (χ1) is 13.9. The molecule has 1 aromatic heterocycles. The Morgan fingerprint density at radius 1 is 1.17 bits per heavy atom. The van der Waals surface area contributed by atoms with Gasteiger partial charge in [-0.2, -0.15) is 0 Å². The second kappa shape index (κ2) is 9.65. The summed E-state index contributed by atoms with van der Waals surface area (Å²) in [5, 5.41) is 13.3. The topological polar surface area (TPSA) is 59.8 Å². The van der Waals surface area contributed by atoms with Crippen molar-refractivity contribution in [2.75, 3.05) is 11.1 Å². The van der Waals surface area contributed by atoms with E-state index in [1.54, 1.807) is 12.1 Å². The van der Waals surface area contributed by atoms with E-state index in [0.717, 1.165) is 16.8 Å². The standard InChI is InChI=1S/C21H22Cl2N4OS/c1-4-27-20(16-10-9-14(22)11-17(16)23)25-26-21(27)29-12-19(28)24-18-8-6-5-7-15(18)13(2)3/h5-11,13H,4,12H2,1-3H3,(H,24,28). The largest absolute Gasteiger partial charge is 0.325 e. The average molecular weight is 449 g/mol. The molecule has 1 amide bonds. The summed E-state index contributed by atoms with van der Waals surface area (Å²) >= 11 is 13.7. The van der Waals surface area contributed by atoms with Gasteiger partial charge in [-0.1, -0.05) is 67.0 Å². The Hall–Kier alpha value is -2.02. The van der Waals surface area contributed by atoms with Gasteiger partial charge in [0.25, 0.3) is 0 Å². The van der Waals surface area contributed by atoms with Crippen LogP contribution in [0.5, 0.6) is 0 Å². The Balaban J connectivity index is 1.73. The van der Waals surface area contributed by atoms with E-state index in [-0.39, 0.29) is 11.7 Å². The van der Waals surface area contributed by atoms with E-state index in [1.807, 2.05) is 41.8 Å². The molecule has 2 aromatic carbocycles. The summed E-state index contributed by atoms with van der Waals surface area (Å²) in [6, 6.07) is 13.1. The van der Waals surface area contributed by atoms with Crippen molar-refractivity contribution in [2.24, 2.45) is 0 Å². The molecule has 152 valence electrons. The highest BCUT2D eigenvalue weighted by Gasteiger charge is 2.17. The van der Waals surface area contributed by atoms with Gasteiger partial charge in [-0.15, -0.1) is 10.2 Å². The van der Waals surface area contributed by atoms with Crippen LogP contribution in [-0.4, -0.2) is 26.4 Å². The van der Waals surface area contributed by atoms with Crippen LogP contribution < -0.4 is 5.32 Å². The van der Waals surface area contributed by atoms with Crippen molar-refractivity contribution in [1.82, 2.24) is 14.8 Å². The molecule has 0 radical (unpaired) electrons. The molecule has 1 heterocycles. The van der Waals surface area contributed by atoms with Crippen molar-refractivity contribution in [2.45, 2.75) is 38.4 Å². The molecule has 0 bridgehead atoms. The quantitative estimate of drug-likeness (QED) is 0.441. The number of amides is 1. The third kappa shape index (κ3) is 5.13. The van der Waals surface area contributed by atoms with Gasteiger partial charge < -0.3 is 9.88 Å². The molecule has 0 spiro atoms. The number of para-hydroxylation sites is 1. The number of carbonyl (C=O) groups is 1. The van der Waals surface area contributed by atoms with Crippen LogP contribution in [0.2, 0.25) is 10.0 Å². The van der Waals surface area contributed by atoms with Crippen molar-refractivity contribution in [1.29, 1.82) is 0 Å². The van der Waals surface area contributed by atoms with Crippen LogP contribution in [0.4, 0.5) is 5.69 Å². The van der Waals surface area contributed by atoms with Crippen LogP contribution >= 0.6 is 35.0 Å². The molecule has 0 aliphatic carbocycles. The fourth-order valence-electron chi connectivity index (χ4n) is 2.98. The van der Waals surface area contributed by atoms with Crippen LogP contribution in [0, 0.1) is 0 Å². The van der Waals surface area contributed by atoms with Gasteiger partial charge in [-0.25, -0.2) is 0 Å². The SMILES string of the molecule is CCn1c(SCC(=O)Nc2ccccc2C(C)C)nnc1-c1ccc(Cl)cc1Cl. The summed E-state index contributed by atoms with van der Waals surface area (Å²) in [5.74, 6) is 1.13. The minimum atomic E-state index is -0.0835. The number of nitrogens with one attached hydrogen (secondary N) is 1. The Labute approximate surface area is 184 Å². The summed E-state index contributed by atoms with van der Waals surface area (Å²) in [5.41, 5.74) is 2.72. The summed E-state index contributed by atoms with van der Waals surface area (Å²) in [6.07, 6.45) is 0. The van der Waals surface area contributed by atoms with E-state index in [1.165, 1.54) is 11.8 Å². The molecule has 8 heteroatoms. The third-order valence-electron chi connectivity index (χ3n) is 4.39. The van der Waals surface area contributed by atoms with Crippen molar-refractivity contribution >= 4 is 46.6 Å². The van der Waals surface area contributed by atoms with E-state index in [0.29, 0.717) is 33.5 Å². The molecule has 0 atom stereocenters. The number of halogens is 2. The van der Waals surface area contributed by atoms with Gasteiger partial charge in [0.05, 0.1) is 10.8 Å². The maximum atomic E-state index is 12.5. The fourth-order valence-corrected chi connectivity index (χ4v) is 4.28. The number of hydrogen-bond donors (Lipinski definition) is 1. The molecule has 0 saturated carbocycles. The first kappa shape index (κ1) is 21.7. The zero-order valence-electron chi connectivity index (χ0n) is 16.4. The van der Waals surface area contributed by atoms with Gasteiger partial charge in [-0.05, 0) is 42.7 Å². The van der Waals surface area contributed by atoms with Gasteiger partial charge in [0.2, 0.25) is 5.91 Å². The number of aromatic nitrogens is 3. The summed E-state index contributed by atoms with van der Waals surface area (Å²) in [4.78, 5) is 12.5. The van der Waals surface area contributed by atoms with E-state index < -0.39 is 0 Å². The molecule has 5 nitrogen and oxygen atoms in total. The van der Waals surface area contributed by atoms with Gasteiger partial charge in [0.15, 0.2) is 11.0 Å². The van der Waals surface area contributed by atoms with Gasteiger partial charge in [-0.3, -0.25) is 4.79 Å².